The van der Waals surface area contributed by atoms with Crippen LogP contribution in [0, 0.1) is 0 Å². The van der Waals surface area contributed by atoms with Gasteiger partial charge in [-0.2, -0.15) is 0 Å². The van der Waals surface area contributed by atoms with Crippen molar-refractivity contribution in [1.29, 1.82) is 0 Å². The molecule has 0 fully saturated rings. The lowest BCUT2D eigenvalue weighted by atomic mass is 10.2. The van der Waals surface area contributed by atoms with Gasteiger partial charge < -0.3 is 24.3 Å². The molecule has 1 N–H and O–H groups in total. The number of amides is 2. The molecule has 0 saturated carbocycles. The fourth-order valence-electron chi connectivity index (χ4n) is 2.10. The van der Waals surface area contributed by atoms with Crippen molar-refractivity contribution in [3.8, 4) is 0 Å². The SMILES string of the molecule is CC(C)N(CCN(C)C)C(=O)c1ccc(CNC(=O)OC(C)(C)C)o1. The van der Waals surface area contributed by atoms with E-state index >= 15 is 0 Å². The molecule has 0 radical (unpaired) electrons. The molecule has 0 aromatic carbocycles. The zero-order chi connectivity index (χ0) is 19.2. The zero-order valence-electron chi connectivity index (χ0n) is 16.4. The largest absolute Gasteiger partial charge is 0.454 e. The van der Waals surface area contributed by atoms with E-state index in [1.54, 1.807) is 37.8 Å². The third kappa shape index (κ3) is 7.60. The molecule has 0 aliphatic heterocycles. The minimum absolute atomic E-state index is 0.0703. The number of ether oxygens (including phenoxy) is 1. The highest BCUT2D eigenvalue weighted by molar-refractivity contribution is 5.91. The van der Waals surface area contributed by atoms with Gasteiger partial charge in [0, 0.05) is 19.1 Å². The molecule has 1 rings (SSSR count). The highest BCUT2D eigenvalue weighted by atomic mass is 16.6. The Kier molecular flexibility index (Phi) is 7.48. The fraction of sp³-hybridized carbons (Fsp3) is 0.667. The van der Waals surface area contributed by atoms with E-state index in [9.17, 15) is 9.59 Å². The molecule has 0 atom stereocenters. The maximum absolute atomic E-state index is 12.6. The molecule has 0 bridgehead atoms. The van der Waals surface area contributed by atoms with Crippen LogP contribution in [0.15, 0.2) is 16.5 Å². The van der Waals surface area contributed by atoms with E-state index in [4.69, 9.17) is 9.15 Å². The first-order valence-corrected chi connectivity index (χ1v) is 8.51. The number of alkyl carbamates (subject to hydrolysis) is 1. The summed E-state index contributed by atoms with van der Waals surface area (Å²) < 4.78 is 10.8. The van der Waals surface area contributed by atoms with E-state index in [1.165, 1.54) is 0 Å². The Labute approximate surface area is 150 Å². The molecule has 142 valence electrons. The average molecular weight is 353 g/mol. The Bertz CT molecular complexity index is 573. The lowest BCUT2D eigenvalue weighted by molar-refractivity contribution is 0.0519. The summed E-state index contributed by atoms with van der Waals surface area (Å²) in [5.74, 6) is 0.624. The third-order valence-corrected chi connectivity index (χ3v) is 3.35. The zero-order valence-corrected chi connectivity index (χ0v) is 16.4. The molecule has 7 heteroatoms. The molecule has 1 aromatic heterocycles. The van der Waals surface area contributed by atoms with Gasteiger partial charge in [0.05, 0.1) is 6.54 Å². The van der Waals surface area contributed by atoms with Gasteiger partial charge in [-0.05, 0) is 60.8 Å². The fourth-order valence-corrected chi connectivity index (χ4v) is 2.10. The first kappa shape index (κ1) is 21.0. The van der Waals surface area contributed by atoms with Crippen molar-refractivity contribution in [3.63, 3.8) is 0 Å². The molecule has 0 aliphatic rings. The van der Waals surface area contributed by atoms with Crippen LogP contribution < -0.4 is 5.32 Å². The highest BCUT2D eigenvalue weighted by Crippen LogP contribution is 2.13. The second kappa shape index (κ2) is 8.89. The molecule has 0 unspecified atom stereocenters. The Balaban J connectivity index is 2.65. The molecule has 0 saturated heterocycles. The van der Waals surface area contributed by atoms with E-state index in [-0.39, 0.29) is 24.3 Å². The summed E-state index contributed by atoms with van der Waals surface area (Å²) in [5, 5.41) is 2.61. The van der Waals surface area contributed by atoms with Crippen molar-refractivity contribution in [2.75, 3.05) is 27.2 Å². The van der Waals surface area contributed by atoms with Gasteiger partial charge in [0.2, 0.25) is 0 Å². The molecule has 0 spiro atoms. The monoisotopic (exact) mass is 353 g/mol. The first-order valence-electron chi connectivity index (χ1n) is 8.51. The summed E-state index contributed by atoms with van der Waals surface area (Å²) in [7, 11) is 3.94. The van der Waals surface area contributed by atoms with Gasteiger partial charge in [0.1, 0.15) is 11.4 Å². The molecule has 25 heavy (non-hydrogen) atoms. The number of hydrogen-bond donors (Lipinski definition) is 1. The molecular weight excluding hydrogens is 322 g/mol. The second-order valence-electron chi connectivity index (χ2n) is 7.52. The number of rotatable bonds is 7. The second-order valence-corrected chi connectivity index (χ2v) is 7.52. The highest BCUT2D eigenvalue weighted by Gasteiger charge is 2.22. The Hall–Kier alpha value is -2.02. The minimum atomic E-state index is -0.557. The van der Waals surface area contributed by atoms with Crippen LogP contribution in [0.5, 0.6) is 0 Å². The minimum Gasteiger partial charge on any atom is -0.454 e. The van der Waals surface area contributed by atoms with Crippen LogP contribution in [0.25, 0.3) is 0 Å². The van der Waals surface area contributed by atoms with E-state index < -0.39 is 11.7 Å². The lowest BCUT2D eigenvalue weighted by Crippen LogP contribution is -2.41. The molecule has 2 amide bonds. The average Bonchev–Trinajstić information content (AvgIpc) is 2.91. The van der Waals surface area contributed by atoms with E-state index in [0.29, 0.717) is 12.3 Å². The van der Waals surface area contributed by atoms with Crippen LogP contribution >= 0.6 is 0 Å². The number of nitrogens with zero attached hydrogens (tertiary/aromatic N) is 2. The van der Waals surface area contributed by atoms with Crippen LogP contribution in [0.1, 0.15) is 50.9 Å². The summed E-state index contributed by atoms with van der Waals surface area (Å²) in [6.45, 7) is 10.9. The van der Waals surface area contributed by atoms with Crippen molar-refractivity contribution >= 4 is 12.0 Å². The van der Waals surface area contributed by atoms with Gasteiger partial charge in [0.25, 0.3) is 5.91 Å². The predicted octanol–water partition coefficient (Wildman–Crippen LogP) is 2.72. The van der Waals surface area contributed by atoms with Crippen molar-refractivity contribution < 1.29 is 18.7 Å². The van der Waals surface area contributed by atoms with Gasteiger partial charge >= 0.3 is 6.09 Å². The number of carbonyl (C=O) groups is 2. The number of nitrogens with one attached hydrogen (secondary N) is 1. The molecule has 7 nitrogen and oxygen atoms in total. The maximum atomic E-state index is 12.6. The van der Waals surface area contributed by atoms with E-state index in [1.807, 2.05) is 32.8 Å². The Morgan fingerprint density at radius 1 is 1.20 bits per heavy atom. The van der Waals surface area contributed by atoms with Crippen LogP contribution in [0.2, 0.25) is 0 Å². The number of carbonyl (C=O) groups excluding carboxylic acids is 2. The van der Waals surface area contributed by atoms with E-state index in [0.717, 1.165) is 6.54 Å². The Morgan fingerprint density at radius 3 is 2.36 bits per heavy atom. The van der Waals surface area contributed by atoms with Crippen molar-refractivity contribution in [3.05, 3.63) is 23.7 Å². The normalized spacial score (nSPS) is 11.7. The van der Waals surface area contributed by atoms with Crippen LogP contribution in [0.4, 0.5) is 4.79 Å². The van der Waals surface area contributed by atoms with Crippen molar-refractivity contribution in [1.82, 2.24) is 15.1 Å². The van der Waals surface area contributed by atoms with Crippen LogP contribution in [-0.2, 0) is 11.3 Å². The maximum Gasteiger partial charge on any atom is 0.408 e. The quantitative estimate of drug-likeness (QED) is 0.816. The molecule has 0 aliphatic carbocycles. The summed E-state index contributed by atoms with van der Waals surface area (Å²) >= 11 is 0. The van der Waals surface area contributed by atoms with Gasteiger partial charge in [-0.15, -0.1) is 0 Å². The summed E-state index contributed by atoms with van der Waals surface area (Å²) in [6.07, 6.45) is -0.522. The number of furan rings is 1. The van der Waals surface area contributed by atoms with Gasteiger partial charge in [-0.25, -0.2) is 4.79 Å². The summed E-state index contributed by atoms with van der Waals surface area (Å²) in [4.78, 5) is 28.1. The van der Waals surface area contributed by atoms with Gasteiger partial charge in [-0.3, -0.25) is 4.79 Å². The molecule has 1 heterocycles. The van der Waals surface area contributed by atoms with E-state index in [2.05, 4.69) is 5.32 Å². The van der Waals surface area contributed by atoms with Crippen LogP contribution in [0.3, 0.4) is 0 Å². The topological polar surface area (TPSA) is 75.0 Å². The van der Waals surface area contributed by atoms with Crippen molar-refractivity contribution in [2.24, 2.45) is 0 Å². The first-order chi connectivity index (χ1) is 11.5. The van der Waals surface area contributed by atoms with Crippen LogP contribution in [-0.4, -0.2) is 60.6 Å². The number of hydrogen-bond acceptors (Lipinski definition) is 5. The molecular formula is C18H31N3O4. The standard InChI is InChI=1S/C18H31N3O4/c1-13(2)21(11-10-20(6)7)16(22)15-9-8-14(24-15)12-19-17(23)25-18(3,4)5/h8-9,13H,10-12H2,1-7H3,(H,19,23). The van der Waals surface area contributed by atoms with Gasteiger partial charge in [0.15, 0.2) is 5.76 Å². The summed E-state index contributed by atoms with van der Waals surface area (Å²) in [6, 6.07) is 3.40. The Morgan fingerprint density at radius 2 is 1.84 bits per heavy atom. The summed E-state index contributed by atoms with van der Waals surface area (Å²) in [5.41, 5.74) is -0.557. The van der Waals surface area contributed by atoms with Gasteiger partial charge in [-0.1, -0.05) is 0 Å². The number of likely N-dealkylation sites (N-methyl/N-ethyl adjacent to an activating group) is 1. The third-order valence-electron chi connectivity index (χ3n) is 3.35. The van der Waals surface area contributed by atoms with Crippen molar-refractivity contribution in [2.45, 2.75) is 52.8 Å². The predicted molar refractivity (Wildman–Crippen MR) is 96.5 cm³/mol. The smallest absolute Gasteiger partial charge is 0.408 e. The molecule has 1 aromatic rings. The lowest BCUT2D eigenvalue weighted by Gasteiger charge is -2.27.